The molecular formula is C16H22N2Pd. The van der Waals surface area contributed by atoms with E-state index in [0.717, 1.165) is 5.69 Å². The van der Waals surface area contributed by atoms with Crippen molar-refractivity contribution in [3.05, 3.63) is 40.7 Å². The van der Waals surface area contributed by atoms with Gasteiger partial charge < -0.3 is 0 Å². The zero-order valence-corrected chi connectivity index (χ0v) is 14.1. The van der Waals surface area contributed by atoms with Crippen molar-refractivity contribution in [1.82, 2.24) is 9.78 Å². The van der Waals surface area contributed by atoms with Crippen LogP contribution in [-0.4, -0.2) is 9.78 Å². The Balaban J connectivity index is 0.00000180. The van der Waals surface area contributed by atoms with E-state index < -0.39 is 0 Å². The van der Waals surface area contributed by atoms with Crippen LogP contribution in [0.1, 0.15) is 42.4 Å². The van der Waals surface area contributed by atoms with Crippen LogP contribution in [0.5, 0.6) is 0 Å². The molecule has 0 atom stereocenters. The first-order valence-corrected chi connectivity index (χ1v) is 6.54. The number of hydrogen-bond acceptors (Lipinski definition) is 1. The normalized spacial score (nSPS) is 10.7. The molecule has 0 aliphatic rings. The molecule has 0 spiro atoms. The summed E-state index contributed by atoms with van der Waals surface area (Å²) in [6.45, 7) is 12.9. The van der Waals surface area contributed by atoms with Crippen LogP contribution in [-0.2, 0) is 20.4 Å². The molecule has 106 valence electrons. The molecule has 0 radical (unpaired) electrons. The fourth-order valence-corrected chi connectivity index (χ4v) is 2.70. The molecule has 1 heterocycles. The fourth-order valence-electron chi connectivity index (χ4n) is 2.70. The Labute approximate surface area is 129 Å². The smallest absolute Gasteiger partial charge is 0.0675 e. The molecule has 1 aromatic carbocycles. The quantitative estimate of drug-likeness (QED) is 0.737. The topological polar surface area (TPSA) is 17.8 Å². The molecule has 0 bridgehead atoms. The molecule has 0 aliphatic heterocycles. The van der Waals surface area contributed by atoms with Gasteiger partial charge in [0.2, 0.25) is 0 Å². The summed E-state index contributed by atoms with van der Waals surface area (Å²) >= 11 is 0. The van der Waals surface area contributed by atoms with E-state index in [1.807, 2.05) is 0 Å². The minimum atomic E-state index is 0. The van der Waals surface area contributed by atoms with Crippen LogP contribution in [0, 0.1) is 27.7 Å². The third-order valence-corrected chi connectivity index (χ3v) is 3.32. The van der Waals surface area contributed by atoms with E-state index in [4.69, 9.17) is 0 Å². The second-order valence-electron chi connectivity index (χ2n) is 5.46. The van der Waals surface area contributed by atoms with Crippen molar-refractivity contribution < 1.29 is 20.4 Å². The van der Waals surface area contributed by atoms with Crippen LogP contribution >= 0.6 is 0 Å². The van der Waals surface area contributed by atoms with Crippen LogP contribution in [0.4, 0.5) is 0 Å². The van der Waals surface area contributed by atoms with Gasteiger partial charge in [0.25, 0.3) is 0 Å². The van der Waals surface area contributed by atoms with Crippen LogP contribution in [0.15, 0.2) is 18.2 Å². The third-order valence-electron chi connectivity index (χ3n) is 3.32. The molecule has 0 aliphatic carbocycles. The molecule has 2 rings (SSSR count). The predicted octanol–water partition coefficient (Wildman–Crippen LogP) is 4.36. The number of nitrogens with zero attached hydrogens (tertiary/aromatic N) is 2. The molecule has 0 fully saturated rings. The minimum Gasteiger partial charge on any atom is -0.266 e. The van der Waals surface area contributed by atoms with E-state index in [1.54, 1.807) is 0 Å². The van der Waals surface area contributed by atoms with Gasteiger partial charge in [0.1, 0.15) is 0 Å². The number of benzene rings is 1. The Morgan fingerprint density at radius 1 is 0.947 bits per heavy atom. The van der Waals surface area contributed by atoms with Crippen molar-refractivity contribution in [2.24, 2.45) is 0 Å². The molecule has 3 heteroatoms. The number of rotatable bonds is 2. The van der Waals surface area contributed by atoms with Gasteiger partial charge in [-0.1, -0.05) is 29.3 Å². The van der Waals surface area contributed by atoms with Gasteiger partial charge in [-0.3, -0.25) is 4.68 Å². The van der Waals surface area contributed by atoms with Gasteiger partial charge in [-0.05, 0) is 47.1 Å². The standard InChI is InChI=1S/C16H22N2.Pd/c1-10(2)18-14(6)16(13(5)17-18)15-8-11(3)7-12(4)9-15;/h7-10H,1-6H3;. The maximum atomic E-state index is 4.66. The Bertz CT molecular complexity index is 562. The predicted molar refractivity (Wildman–Crippen MR) is 77.0 cm³/mol. The van der Waals surface area contributed by atoms with Crippen LogP contribution < -0.4 is 0 Å². The van der Waals surface area contributed by atoms with Gasteiger partial charge in [0.15, 0.2) is 0 Å². The SMILES string of the molecule is Cc1cc(C)cc(-c2c(C)nn(C(C)C)c2C)c1.[Pd]. The molecule has 2 aromatic rings. The first kappa shape index (κ1) is 16.1. The Morgan fingerprint density at radius 3 is 1.89 bits per heavy atom. The van der Waals surface area contributed by atoms with E-state index in [1.165, 1.54) is 27.9 Å². The van der Waals surface area contributed by atoms with Crippen molar-refractivity contribution in [3.8, 4) is 11.1 Å². The van der Waals surface area contributed by atoms with E-state index in [0.29, 0.717) is 6.04 Å². The number of aromatic nitrogens is 2. The summed E-state index contributed by atoms with van der Waals surface area (Å²) in [5.74, 6) is 0. The van der Waals surface area contributed by atoms with E-state index in [-0.39, 0.29) is 20.4 Å². The van der Waals surface area contributed by atoms with Crippen LogP contribution in [0.2, 0.25) is 0 Å². The van der Waals surface area contributed by atoms with Gasteiger partial charge in [0, 0.05) is 37.7 Å². The van der Waals surface area contributed by atoms with Crippen LogP contribution in [0.3, 0.4) is 0 Å². The van der Waals surface area contributed by atoms with E-state index in [9.17, 15) is 0 Å². The van der Waals surface area contributed by atoms with Crippen molar-refractivity contribution >= 4 is 0 Å². The largest absolute Gasteiger partial charge is 0.266 e. The summed E-state index contributed by atoms with van der Waals surface area (Å²) in [7, 11) is 0. The van der Waals surface area contributed by atoms with Crippen molar-refractivity contribution in [1.29, 1.82) is 0 Å². The van der Waals surface area contributed by atoms with E-state index in [2.05, 4.69) is 69.5 Å². The zero-order chi connectivity index (χ0) is 13.4. The van der Waals surface area contributed by atoms with Gasteiger partial charge in [0.05, 0.1) is 5.69 Å². The van der Waals surface area contributed by atoms with Gasteiger partial charge in [-0.25, -0.2) is 0 Å². The Morgan fingerprint density at radius 2 is 1.47 bits per heavy atom. The third kappa shape index (κ3) is 3.16. The molecule has 19 heavy (non-hydrogen) atoms. The molecular weight excluding hydrogens is 327 g/mol. The molecule has 0 saturated carbocycles. The molecule has 0 N–H and O–H groups in total. The summed E-state index contributed by atoms with van der Waals surface area (Å²) < 4.78 is 2.11. The molecule has 1 aromatic heterocycles. The monoisotopic (exact) mass is 348 g/mol. The summed E-state index contributed by atoms with van der Waals surface area (Å²) in [6.07, 6.45) is 0. The molecule has 2 nitrogen and oxygen atoms in total. The average molecular weight is 349 g/mol. The Kier molecular flexibility index (Phi) is 5.13. The van der Waals surface area contributed by atoms with Gasteiger partial charge in [-0.2, -0.15) is 5.10 Å². The summed E-state index contributed by atoms with van der Waals surface area (Å²) in [5, 5.41) is 4.66. The molecule has 0 saturated heterocycles. The van der Waals surface area contributed by atoms with Crippen molar-refractivity contribution in [2.75, 3.05) is 0 Å². The first-order valence-electron chi connectivity index (χ1n) is 6.54. The summed E-state index contributed by atoms with van der Waals surface area (Å²) in [6, 6.07) is 7.10. The second kappa shape index (κ2) is 6.03. The second-order valence-corrected chi connectivity index (χ2v) is 5.46. The van der Waals surface area contributed by atoms with Crippen molar-refractivity contribution in [2.45, 2.75) is 47.6 Å². The summed E-state index contributed by atoms with van der Waals surface area (Å²) in [4.78, 5) is 0. The van der Waals surface area contributed by atoms with Gasteiger partial charge in [-0.15, -0.1) is 0 Å². The first-order chi connectivity index (χ1) is 8.40. The maximum Gasteiger partial charge on any atom is 0.0675 e. The van der Waals surface area contributed by atoms with Gasteiger partial charge >= 0.3 is 0 Å². The van der Waals surface area contributed by atoms with Crippen LogP contribution in [0.25, 0.3) is 11.1 Å². The average Bonchev–Trinajstić information content (AvgIpc) is 2.52. The molecule has 0 amide bonds. The number of aryl methyl sites for hydroxylation is 3. The Hall–Kier alpha value is -0.908. The summed E-state index contributed by atoms with van der Waals surface area (Å²) in [5.41, 5.74) is 7.56. The van der Waals surface area contributed by atoms with Crippen molar-refractivity contribution in [3.63, 3.8) is 0 Å². The zero-order valence-electron chi connectivity index (χ0n) is 12.5. The number of hydrogen-bond donors (Lipinski definition) is 0. The minimum absolute atomic E-state index is 0. The molecule has 0 unspecified atom stereocenters. The fraction of sp³-hybridized carbons (Fsp3) is 0.438. The maximum absolute atomic E-state index is 4.66. The van der Waals surface area contributed by atoms with E-state index >= 15 is 0 Å².